The second kappa shape index (κ2) is 4.97. The van der Waals surface area contributed by atoms with E-state index < -0.39 is 6.04 Å². The molecule has 1 aromatic heterocycles. The Morgan fingerprint density at radius 1 is 1.56 bits per heavy atom. The van der Waals surface area contributed by atoms with Gasteiger partial charge in [-0.3, -0.25) is 4.79 Å². The highest BCUT2D eigenvalue weighted by molar-refractivity contribution is 7.09. The molecule has 90 valence electrons. The number of rotatable bonds is 3. The van der Waals surface area contributed by atoms with Gasteiger partial charge >= 0.3 is 0 Å². The number of carbonyl (C=O) groups excluding carboxylic acids is 1. The van der Waals surface area contributed by atoms with Gasteiger partial charge in [-0.05, 0) is 16.9 Å². The third-order valence-electron chi connectivity index (χ3n) is 2.55. The molecular weight excluding hydrogens is 220 g/mol. The highest BCUT2D eigenvalue weighted by Crippen LogP contribution is 2.20. The van der Waals surface area contributed by atoms with Crippen molar-refractivity contribution in [2.75, 3.05) is 7.05 Å². The topological polar surface area (TPSA) is 46.3 Å². The third kappa shape index (κ3) is 3.32. The van der Waals surface area contributed by atoms with Crippen LogP contribution in [0.1, 0.15) is 25.6 Å². The van der Waals surface area contributed by atoms with Crippen LogP contribution in [0.3, 0.4) is 0 Å². The lowest BCUT2D eigenvalue weighted by Crippen LogP contribution is -2.48. The molecule has 0 saturated carbocycles. The molecule has 0 radical (unpaired) electrons. The van der Waals surface area contributed by atoms with E-state index in [1.54, 1.807) is 23.3 Å². The molecule has 0 spiro atoms. The molecule has 0 aliphatic carbocycles. The number of amides is 1. The van der Waals surface area contributed by atoms with E-state index in [0.29, 0.717) is 6.54 Å². The van der Waals surface area contributed by atoms with E-state index in [0.717, 1.165) is 0 Å². The molecule has 0 saturated heterocycles. The summed E-state index contributed by atoms with van der Waals surface area (Å²) in [5, 5.41) is 2.01. The summed E-state index contributed by atoms with van der Waals surface area (Å²) in [7, 11) is 1.80. The number of nitrogens with two attached hydrogens (primary N) is 1. The summed E-state index contributed by atoms with van der Waals surface area (Å²) >= 11 is 1.65. The van der Waals surface area contributed by atoms with Crippen molar-refractivity contribution in [3.05, 3.63) is 22.4 Å². The van der Waals surface area contributed by atoms with E-state index in [-0.39, 0.29) is 11.3 Å². The van der Waals surface area contributed by atoms with Crippen LogP contribution < -0.4 is 5.73 Å². The quantitative estimate of drug-likeness (QED) is 0.879. The zero-order chi connectivity index (χ0) is 12.3. The molecule has 0 bridgehead atoms. The van der Waals surface area contributed by atoms with Gasteiger partial charge in [-0.25, -0.2) is 0 Å². The maximum Gasteiger partial charge on any atom is 0.240 e. The fraction of sp³-hybridized carbons (Fsp3) is 0.583. The van der Waals surface area contributed by atoms with Gasteiger partial charge in [0.15, 0.2) is 0 Å². The number of carbonyl (C=O) groups is 1. The zero-order valence-electron chi connectivity index (χ0n) is 10.4. The van der Waals surface area contributed by atoms with Gasteiger partial charge in [0, 0.05) is 11.9 Å². The van der Waals surface area contributed by atoms with Crippen LogP contribution >= 0.6 is 11.3 Å². The molecule has 0 unspecified atom stereocenters. The van der Waals surface area contributed by atoms with Crippen LogP contribution in [0.5, 0.6) is 0 Å². The molecule has 1 aromatic rings. The van der Waals surface area contributed by atoms with Gasteiger partial charge in [0.25, 0.3) is 0 Å². The van der Waals surface area contributed by atoms with Gasteiger partial charge in [-0.1, -0.05) is 26.8 Å². The Morgan fingerprint density at radius 3 is 2.62 bits per heavy atom. The second-order valence-corrected chi connectivity index (χ2v) is 6.15. The van der Waals surface area contributed by atoms with Crippen molar-refractivity contribution in [1.29, 1.82) is 0 Å². The molecule has 1 atom stereocenters. The summed E-state index contributed by atoms with van der Waals surface area (Å²) in [6.45, 7) is 6.58. The predicted octanol–water partition coefficient (Wildman–Crippen LogP) is 2.08. The largest absolute Gasteiger partial charge is 0.339 e. The van der Waals surface area contributed by atoms with E-state index in [2.05, 4.69) is 0 Å². The molecule has 0 aliphatic rings. The molecule has 16 heavy (non-hydrogen) atoms. The minimum absolute atomic E-state index is 0.000833. The lowest BCUT2D eigenvalue weighted by molar-refractivity contribution is -0.134. The summed E-state index contributed by atoms with van der Waals surface area (Å²) in [6, 6.07) is 3.57. The Morgan fingerprint density at radius 2 is 2.19 bits per heavy atom. The molecule has 1 amide bonds. The average molecular weight is 240 g/mol. The van der Waals surface area contributed by atoms with Gasteiger partial charge in [0.2, 0.25) is 5.91 Å². The predicted molar refractivity (Wildman–Crippen MR) is 68.2 cm³/mol. The highest BCUT2D eigenvalue weighted by atomic mass is 32.1. The summed E-state index contributed by atoms with van der Waals surface area (Å²) in [4.78, 5) is 14.9. The maximum atomic E-state index is 12.0. The van der Waals surface area contributed by atoms with Gasteiger partial charge in [0.1, 0.15) is 0 Å². The SMILES string of the molecule is CN(Cc1cccs1)C(=O)[C@@H](N)C(C)(C)C. The van der Waals surface area contributed by atoms with E-state index in [1.807, 2.05) is 38.3 Å². The van der Waals surface area contributed by atoms with Crippen LogP contribution in [0.15, 0.2) is 17.5 Å². The molecule has 1 rings (SSSR count). The Balaban J connectivity index is 2.61. The van der Waals surface area contributed by atoms with E-state index in [9.17, 15) is 4.79 Å². The summed E-state index contributed by atoms with van der Waals surface area (Å²) in [5.74, 6) is 0.000833. The number of hydrogen-bond acceptors (Lipinski definition) is 3. The lowest BCUT2D eigenvalue weighted by atomic mass is 9.86. The lowest BCUT2D eigenvalue weighted by Gasteiger charge is -2.29. The Kier molecular flexibility index (Phi) is 4.10. The van der Waals surface area contributed by atoms with Crippen LogP contribution in [0.2, 0.25) is 0 Å². The molecule has 4 heteroatoms. The standard InChI is InChI=1S/C12H20N2OS/c1-12(2,3)10(13)11(15)14(4)8-9-6-5-7-16-9/h5-7,10H,8,13H2,1-4H3/t10-/m1/s1. The number of thiophene rings is 1. The molecule has 0 aliphatic heterocycles. The number of likely N-dealkylation sites (N-methyl/N-ethyl adjacent to an activating group) is 1. The first-order valence-corrected chi connectivity index (χ1v) is 6.23. The summed E-state index contributed by atoms with van der Waals surface area (Å²) in [6.07, 6.45) is 0. The van der Waals surface area contributed by atoms with Crippen molar-refractivity contribution >= 4 is 17.2 Å². The smallest absolute Gasteiger partial charge is 0.240 e. The zero-order valence-corrected chi connectivity index (χ0v) is 11.2. The fourth-order valence-electron chi connectivity index (χ4n) is 1.32. The highest BCUT2D eigenvalue weighted by Gasteiger charge is 2.29. The van der Waals surface area contributed by atoms with Crippen molar-refractivity contribution in [2.24, 2.45) is 11.1 Å². The van der Waals surface area contributed by atoms with Crippen LogP contribution in [0, 0.1) is 5.41 Å². The monoisotopic (exact) mass is 240 g/mol. The first-order valence-electron chi connectivity index (χ1n) is 5.35. The minimum Gasteiger partial charge on any atom is -0.339 e. The molecular formula is C12H20N2OS. The number of hydrogen-bond donors (Lipinski definition) is 1. The van der Waals surface area contributed by atoms with E-state index in [1.165, 1.54) is 4.88 Å². The van der Waals surface area contributed by atoms with E-state index >= 15 is 0 Å². The second-order valence-electron chi connectivity index (χ2n) is 5.12. The first-order chi connectivity index (χ1) is 7.32. The molecule has 0 fully saturated rings. The first kappa shape index (κ1) is 13.2. The van der Waals surface area contributed by atoms with Gasteiger partial charge in [0.05, 0.1) is 12.6 Å². The normalized spacial score (nSPS) is 13.6. The van der Waals surface area contributed by atoms with Crippen molar-refractivity contribution in [2.45, 2.75) is 33.4 Å². The van der Waals surface area contributed by atoms with E-state index in [4.69, 9.17) is 5.73 Å². The molecule has 0 aromatic carbocycles. The van der Waals surface area contributed by atoms with Gasteiger partial charge in [-0.15, -0.1) is 11.3 Å². The Labute approximate surface area is 101 Å². The van der Waals surface area contributed by atoms with Crippen LogP contribution in [-0.2, 0) is 11.3 Å². The number of nitrogens with zero attached hydrogens (tertiary/aromatic N) is 1. The third-order valence-corrected chi connectivity index (χ3v) is 3.41. The average Bonchev–Trinajstić information content (AvgIpc) is 2.66. The minimum atomic E-state index is -0.447. The molecule has 1 heterocycles. The Hall–Kier alpha value is -0.870. The molecule has 2 N–H and O–H groups in total. The van der Waals surface area contributed by atoms with Crippen molar-refractivity contribution < 1.29 is 4.79 Å². The van der Waals surface area contributed by atoms with Crippen molar-refractivity contribution in [3.8, 4) is 0 Å². The van der Waals surface area contributed by atoms with Gasteiger partial charge < -0.3 is 10.6 Å². The van der Waals surface area contributed by atoms with Crippen molar-refractivity contribution in [1.82, 2.24) is 4.90 Å². The summed E-state index contributed by atoms with van der Waals surface area (Å²) in [5.41, 5.74) is 5.74. The van der Waals surface area contributed by atoms with Gasteiger partial charge in [-0.2, -0.15) is 0 Å². The Bertz CT molecular complexity index is 340. The molecule has 3 nitrogen and oxygen atoms in total. The van der Waals surface area contributed by atoms with Crippen LogP contribution in [0.4, 0.5) is 0 Å². The fourth-order valence-corrected chi connectivity index (χ4v) is 2.08. The van der Waals surface area contributed by atoms with Crippen LogP contribution in [0.25, 0.3) is 0 Å². The maximum absolute atomic E-state index is 12.0. The van der Waals surface area contributed by atoms with Crippen molar-refractivity contribution in [3.63, 3.8) is 0 Å². The summed E-state index contributed by atoms with van der Waals surface area (Å²) < 4.78 is 0. The van der Waals surface area contributed by atoms with Crippen LogP contribution in [-0.4, -0.2) is 23.9 Å².